The van der Waals surface area contributed by atoms with Gasteiger partial charge in [0.1, 0.15) is 0 Å². The quantitative estimate of drug-likeness (QED) is 0.616. The van der Waals surface area contributed by atoms with Crippen molar-refractivity contribution in [2.24, 2.45) is 0 Å². The molecular weight excluding hydrogens is 328 g/mol. The maximum absolute atomic E-state index is 12.7. The summed E-state index contributed by atoms with van der Waals surface area (Å²) in [7, 11) is 0. The minimum absolute atomic E-state index is 0.151. The van der Waals surface area contributed by atoms with Gasteiger partial charge in [-0.15, -0.1) is 0 Å². The van der Waals surface area contributed by atoms with Crippen LogP contribution in [0.2, 0.25) is 0 Å². The van der Waals surface area contributed by atoms with Gasteiger partial charge in [-0.05, 0) is 24.6 Å². The SMILES string of the molecule is Cc1c2c(=O)[nH]n(Cc3ccccc3)c2cc(=O)n1Cc1ccccn1. The van der Waals surface area contributed by atoms with Gasteiger partial charge in [-0.1, -0.05) is 36.4 Å². The maximum atomic E-state index is 12.7. The summed E-state index contributed by atoms with van der Waals surface area (Å²) in [5.41, 5.74) is 2.75. The standard InChI is InChI=1S/C20H18N4O2/c1-14-19-17(11-18(25)23(14)13-16-9-5-6-10-21-16)24(22-20(19)26)12-15-7-3-2-4-8-15/h2-11H,12-13H2,1H3,(H,22,26). The Morgan fingerprint density at radius 2 is 1.77 bits per heavy atom. The lowest BCUT2D eigenvalue weighted by atomic mass is 10.2. The predicted octanol–water partition coefficient (Wildman–Crippen LogP) is 2.29. The minimum atomic E-state index is -0.191. The Bertz CT molecular complexity index is 1170. The Hall–Kier alpha value is -3.41. The summed E-state index contributed by atoms with van der Waals surface area (Å²) in [5.74, 6) is 0. The predicted molar refractivity (Wildman–Crippen MR) is 100 cm³/mol. The second-order valence-corrected chi connectivity index (χ2v) is 6.25. The van der Waals surface area contributed by atoms with E-state index in [2.05, 4.69) is 10.1 Å². The number of nitrogens with one attached hydrogen (secondary N) is 1. The number of hydrogen-bond donors (Lipinski definition) is 1. The van der Waals surface area contributed by atoms with E-state index in [1.165, 1.54) is 6.07 Å². The van der Waals surface area contributed by atoms with E-state index in [0.717, 1.165) is 11.3 Å². The molecular formula is C20H18N4O2. The topological polar surface area (TPSA) is 72.7 Å². The third-order valence-corrected chi connectivity index (χ3v) is 4.53. The van der Waals surface area contributed by atoms with Crippen molar-refractivity contribution in [2.75, 3.05) is 0 Å². The number of rotatable bonds is 4. The zero-order chi connectivity index (χ0) is 18.1. The number of aromatic nitrogens is 4. The summed E-state index contributed by atoms with van der Waals surface area (Å²) < 4.78 is 3.32. The van der Waals surface area contributed by atoms with E-state index in [1.807, 2.05) is 48.5 Å². The lowest BCUT2D eigenvalue weighted by Gasteiger charge is -2.11. The van der Waals surface area contributed by atoms with Crippen molar-refractivity contribution < 1.29 is 0 Å². The molecule has 0 spiro atoms. The summed E-state index contributed by atoms with van der Waals surface area (Å²) in [6.07, 6.45) is 1.69. The molecule has 26 heavy (non-hydrogen) atoms. The molecule has 3 aromatic heterocycles. The molecule has 0 unspecified atom stereocenters. The molecule has 6 nitrogen and oxygen atoms in total. The van der Waals surface area contributed by atoms with Crippen molar-refractivity contribution in [3.63, 3.8) is 0 Å². The Balaban J connectivity index is 1.82. The van der Waals surface area contributed by atoms with Crippen LogP contribution in [0.15, 0.2) is 70.4 Å². The molecule has 130 valence electrons. The number of nitrogens with zero attached hydrogens (tertiary/aromatic N) is 3. The van der Waals surface area contributed by atoms with Crippen LogP contribution in [-0.2, 0) is 13.1 Å². The van der Waals surface area contributed by atoms with Gasteiger partial charge in [-0.25, -0.2) is 0 Å². The van der Waals surface area contributed by atoms with Crippen LogP contribution < -0.4 is 11.1 Å². The number of H-pyrrole nitrogens is 1. The highest BCUT2D eigenvalue weighted by molar-refractivity contribution is 5.80. The average Bonchev–Trinajstić information content (AvgIpc) is 2.95. The van der Waals surface area contributed by atoms with Crippen molar-refractivity contribution in [1.82, 2.24) is 19.3 Å². The van der Waals surface area contributed by atoms with Gasteiger partial charge in [0, 0.05) is 18.0 Å². The average molecular weight is 346 g/mol. The number of fused-ring (bicyclic) bond motifs is 1. The largest absolute Gasteiger partial charge is 0.306 e. The van der Waals surface area contributed by atoms with E-state index < -0.39 is 0 Å². The molecule has 0 bridgehead atoms. The molecule has 0 saturated heterocycles. The lowest BCUT2D eigenvalue weighted by Crippen LogP contribution is -2.23. The fourth-order valence-electron chi connectivity index (χ4n) is 3.23. The molecule has 3 heterocycles. The molecule has 0 fully saturated rings. The van der Waals surface area contributed by atoms with Gasteiger partial charge in [-0.2, -0.15) is 0 Å². The van der Waals surface area contributed by atoms with Gasteiger partial charge in [0.15, 0.2) is 0 Å². The zero-order valence-corrected chi connectivity index (χ0v) is 14.3. The van der Waals surface area contributed by atoms with Gasteiger partial charge in [0.2, 0.25) is 0 Å². The second-order valence-electron chi connectivity index (χ2n) is 6.25. The van der Waals surface area contributed by atoms with Crippen LogP contribution in [0.3, 0.4) is 0 Å². The molecule has 0 aliphatic rings. The van der Waals surface area contributed by atoms with Crippen LogP contribution in [0.4, 0.5) is 0 Å². The molecule has 6 heteroatoms. The number of hydrogen-bond acceptors (Lipinski definition) is 3. The highest BCUT2D eigenvalue weighted by atomic mass is 16.1. The molecule has 0 atom stereocenters. The van der Waals surface area contributed by atoms with Crippen LogP contribution >= 0.6 is 0 Å². The van der Waals surface area contributed by atoms with Crippen LogP contribution in [0.25, 0.3) is 10.9 Å². The molecule has 0 aliphatic carbocycles. The maximum Gasteiger partial charge on any atom is 0.273 e. The summed E-state index contributed by atoms with van der Waals surface area (Å²) in [6, 6.07) is 16.9. The Kier molecular flexibility index (Phi) is 4.01. The van der Waals surface area contributed by atoms with Crippen LogP contribution in [0.5, 0.6) is 0 Å². The molecule has 0 radical (unpaired) electrons. The van der Waals surface area contributed by atoms with E-state index in [0.29, 0.717) is 29.7 Å². The monoisotopic (exact) mass is 346 g/mol. The van der Waals surface area contributed by atoms with Crippen LogP contribution in [0, 0.1) is 6.92 Å². The summed E-state index contributed by atoms with van der Waals surface area (Å²) in [5, 5.41) is 3.39. The van der Waals surface area contributed by atoms with Crippen LogP contribution in [-0.4, -0.2) is 19.3 Å². The number of benzene rings is 1. The third-order valence-electron chi connectivity index (χ3n) is 4.53. The summed E-state index contributed by atoms with van der Waals surface area (Å²) in [4.78, 5) is 29.5. The van der Waals surface area contributed by atoms with Crippen molar-refractivity contribution in [3.8, 4) is 0 Å². The van der Waals surface area contributed by atoms with Crippen molar-refractivity contribution >= 4 is 10.9 Å². The molecule has 1 aromatic carbocycles. The normalized spacial score (nSPS) is 11.1. The Labute approximate surface area is 149 Å². The van der Waals surface area contributed by atoms with Gasteiger partial charge in [0.25, 0.3) is 11.1 Å². The van der Waals surface area contributed by atoms with E-state index in [-0.39, 0.29) is 11.1 Å². The first-order chi connectivity index (χ1) is 12.6. The Morgan fingerprint density at radius 3 is 2.50 bits per heavy atom. The van der Waals surface area contributed by atoms with Gasteiger partial charge in [-0.3, -0.25) is 24.4 Å². The first-order valence-corrected chi connectivity index (χ1v) is 8.40. The smallest absolute Gasteiger partial charge is 0.273 e. The molecule has 4 rings (SSSR count). The van der Waals surface area contributed by atoms with E-state index >= 15 is 0 Å². The molecule has 4 aromatic rings. The molecule has 1 N–H and O–H groups in total. The van der Waals surface area contributed by atoms with Gasteiger partial charge < -0.3 is 4.57 Å². The fourth-order valence-corrected chi connectivity index (χ4v) is 3.23. The summed E-state index contributed by atoms with van der Waals surface area (Å²) >= 11 is 0. The lowest BCUT2D eigenvalue weighted by molar-refractivity contribution is 0.698. The molecule has 0 saturated carbocycles. The van der Waals surface area contributed by atoms with Crippen molar-refractivity contribution in [3.05, 3.63) is 98.5 Å². The van der Waals surface area contributed by atoms with Crippen LogP contribution in [0.1, 0.15) is 17.0 Å². The number of aryl methyl sites for hydroxylation is 1. The third kappa shape index (κ3) is 2.86. The van der Waals surface area contributed by atoms with Gasteiger partial charge in [0.05, 0.1) is 29.7 Å². The first kappa shape index (κ1) is 16.1. The first-order valence-electron chi connectivity index (χ1n) is 8.40. The molecule has 0 amide bonds. The summed E-state index contributed by atoms with van der Waals surface area (Å²) in [6.45, 7) is 2.64. The number of aromatic amines is 1. The number of pyridine rings is 2. The van der Waals surface area contributed by atoms with Crippen molar-refractivity contribution in [2.45, 2.75) is 20.0 Å². The zero-order valence-electron chi connectivity index (χ0n) is 14.3. The van der Waals surface area contributed by atoms with E-state index in [9.17, 15) is 9.59 Å². The van der Waals surface area contributed by atoms with E-state index in [1.54, 1.807) is 22.4 Å². The van der Waals surface area contributed by atoms with Crippen molar-refractivity contribution in [1.29, 1.82) is 0 Å². The molecule has 0 aliphatic heterocycles. The fraction of sp³-hybridized carbons (Fsp3) is 0.150. The Morgan fingerprint density at radius 1 is 1.00 bits per heavy atom. The van der Waals surface area contributed by atoms with E-state index in [4.69, 9.17) is 0 Å². The highest BCUT2D eigenvalue weighted by Gasteiger charge is 2.15. The van der Waals surface area contributed by atoms with Gasteiger partial charge >= 0.3 is 0 Å². The highest BCUT2D eigenvalue weighted by Crippen LogP contribution is 2.14. The second kappa shape index (κ2) is 6.48. The minimum Gasteiger partial charge on any atom is -0.306 e.